The number of piperidine rings is 1. The van der Waals surface area contributed by atoms with Gasteiger partial charge in [0.15, 0.2) is 0 Å². The van der Waals surface area contributed by atoms with Crippen LogP contribution in [0.25, 0.3) is 0 Å². The van der Waals surface area contributed by atoms with Gasteiger partial charge in [0.25, 0.3) is 11.8 Å². The van der Waals surface area contributed by atoms with Gasteiger partial charge in [0, 0.05) is 55.3 Å². The van der Waals surface area contributed by atoms with Gasteiger partial charge in [0.1, 0.15) is 6.04 Å². The summed E-state index contributed by atoms with van der Waals surface area (Å²) in [4.78, 5) is 53.2. The third-order valence-corrected chi connectivity index (χ3v) is 7.51. The third kappa shape index (κ3) is 5.69. The second-order valence-corrected chi connectivity index (χ2v) is 9.99. The largest absolute Gasteiger partial charge is 0.379 e. The SMILES string of the molecule is O=C1CCC(N2Cc3cc(CNC(=O)c4ccc(CCN5CCOCC5)c(Cl)c4)ccc3C2=O)C(=O)N1. The van der Waals surface area contributed by atoms with Crippen molar-refractivity contribution in [2.45, 2.75) is 38.4 Å². The molecule has 0 spiro atoms. The summed E-state index contributed by atoms with van der Waals surface area (Å²) in [6.45, 7) is 4.83. The van der Waals surface area contributed by atoms with Crippen LogP contribution in [0.1, 0.15) is 50.2 Å². The van der Waals surface area contributed by atoms with Crippen molar-refractivity contribution in [2.24, 2.45) is 0 Å². The normalized spacial score (nSPS) is 20.1. The van der Waals surface area contributed by atoms with E-state index in [1.165, 1.54) is 4.90 Å². The Morgan fingerprint density at radius 1 is 1.11 bits per heavy atom. The first-order valence-corrected chi connectivity index (χ1v) is 12.9. The van der Waals surface area contributed by atoms with Gasteiger partial charge in [0.2, 0.25) is 11.8 Å². The molecule has 0 aromatic heterocycles. The molecule has 1 unspecified atom stereocenters. The fourth-order valence-electron chi connectivity index (χ4n) is 5.02. The molecule has 2 aromatic rings. The number of carbonyl (C=O) groups is 4. The molecule has 1 atom stereocenters. The molecule has 0 saturated carbocycles. The van der Waals surface area contributed by atoms with E-state index in [4.69, 9.17) is 16.3 Å². The van der Waals surface area contributed by atoms with Crippen LogP contribution in [-0.4, -0.2) is 72.3 Å². The van der Waals surface area contributed by atoms with Gasteiger partial charge in [-0.25, -0.2) is 0 Å². The number of rotatable bonds is 7. The lowest BCUT2D eigenvalue weighted by molar-refractivity contribution is -0.136. The predicted molar refractivity (Wildman–Crippen MR) is 136 cm³/mol. The minimum Gasteiger partial charge on any atom is -0.379 e. The van der Waals surface area contributed by atoms with Crippen molar-refractivity contribution in [2.75, 3.05) is 32.8 Å². The summed E-state index contributed by atoms with van der Waals surface area (Å²) < 4.78 is 5.38. The van der Waals surface area contributed by atoms with Crippen molar-refractivity contribution in [3.8, 4) is 0 Å². The smallest absolute Gasteiger partial charge is 0.255 e. The molecule has 2 N–H and O–H groups in total. The average Bonchev–Trinajstić information content (AvgIpc) is 3.22. The predicted octanol–water partition coefficient (Wildman–Crippen LogP) is 1.91. The fraction of sp³-hybridized carbons (Fsp3) is 0.407. The number of fused-ring (bicyclic) bond motifs is 1. The minimum atomic E-state index is -0.651. The van der Waals surface area contributed by atoms with E-state index in [0.717, 1.165) is 56.0 Å². The number of benzene rings is 2. The molecule has 2 fully saturated rings. The van der Waals surface area contributed by atoms with E-state index in [-0.39, 0.29) is 30.7 Å². The number of hydrogen-bond acceptors (Lipinski definition) is 6. The summed E-state index contributed by atoms with van der Waals surface area (Å²) in [6.07, 6.45) is 1.35. The molecule has 0 radical (unpaired) electrons. The van der Waals surface area contributed by atoms with Crippen molar-refractivity contribution in [1.82, 2.24) is 20.4 Å². The molecule has 2 aromatic carbocycles. The van der Waals surface area contributed by atoms with E-state index >= 15 is 0 Å². The molecule has 37 heavy (non-hydrogen) atoms. The highest BCUT2D eigenvalue weighted by Gasteiger charge is 2.39. The van der Waals surface area contributed by atoms with Crippen LogP contribution in [0, 0.1) is 0 Å². The fourth-order valence-corrected chi connectivity index (χ4v) is 5.29. The molecule has 3 heterocycles. The van der Waals surface area contributed by atoms with Crippen molar-refractivity contribution >= 4 is 35.2 Å². The molecular weight excluding hydrogens is 496 g/mol. The number of morpholine rings is 1. The van der Waals surface area contributed by atoms with E-state index in [2.05, 4.69) is 15.5 Å². The summed E-state index contributed by atoms with van der Waals surface area (Å²) in [7, 11) is 0. The number of imide groups is 1. The Labute approximate surface area is 220 Å². The van der Waals surface area contributed by atoms with Crippen LogP contribution < -0.4 is 10.6 Å². The lowest BCUT2D eigenvalue weighted by atomic mass is 10.0. The zero-order valence-corrected chi connectivity index (χ0v) is 21.2. The first-order valence-electron chi connectivity index (χ1n) is 12.5. The Balaban J connectivity index is 1.17. The molecule has 5 rings (SSSR count). The molecule has 0 aliphatic carbocycles. The van der Waals surface area contributed by atoms with Crippen molar-refractivity contribution in [1.29, 1.82) is 0 Å². The highest BCUT2D eigenvalue weighted by atomic mass is 35.5. The minimum absolute atomic E-state index is 0.215. The molecule has 4 amide bonds. The molecule has 0 bridgehead atoms. The van der Waals surface area contributed by atoms with Gasteiger partial charge in [-0.1, -0.05) is 29.8 Å². The van der Waals surface area contributed by atoms with Crippen LogP contribution in [0.15, 0.2) is 36.4 Å². The van der Waals surface area contributed by atoms with E-state index in [9.17, 15) is 19.2 Å². The van der Waals surface area contributed by atoms with Crippen LogP contribution in [0.4, 0.5) is 0 Å². The van der Waals surface area contributed by atoms with Crippen LogP contribution in [0.5, 0.6) is 0 Å². The van der Waals surface area contributed by atoms with Crippen molar-refractivity contribution < 1.29 is 23.9 Å². The summed E-state index contributed by atoms with van der Waals surface area (Å²) in [5.74, 6) is -1.20. The Bertz CT molecular complexity index is 1240. The van der Waals surface area contributed by atoms with Crippen LogP contribution in [-0.2, 0) is 33.8 Å². The highest BCUT2D eigenvalue weighted by Crippen LogP contribution is 2.28. The maximum atomic E-state index is 12.9. The van der Waals surface area contributed by atoms with Crippen LogP contribution >= 0.6 is 11.6 Å². The summed E-state index contributed by atoms with van der Waals surface area (Å²) >= 11 is 6.48. The molecule has 194 valence electrons. The molecule has 9 nitrogen and oxygen atoms in total. The van der Waals surface area contributed by atoms with Gasteiger partial charge in [-0.2, -0.15) is 0 Å². The number of nitrogens with zero attached hydrogens (tertiary/aromatic N) is 2. The Hall–Kier alpha value is -3.27. The van der Waals surface area contributed by atoms with Gasteiger partial charge in [0.05, 0.1) is 13.2 Å². The maximum absolute atomic E-state index is 12.9. The number of amides is 4. The maximum Gasteiger partial charge on any atom is 0.255 e. The highest BCUT2D eigenvalue weighted by molar-refractivity contribution is 6.31. The van der Waals surface area contributed by atoms with E-state index < -0.39 is 11.9 Å². The summed E-state index contributed by atoms with van der Waals surface area (Å²) in [5, 5.41) is 5.80. The zero-order valence-electron chi connectivity index (χ0n) is 20.4. The second-order valence-electron chi connectivity index (χ2n) is 9.58. The van der Waals surface area contributed by atoms with Gasteiger partial charge in [-0.05, 0) is 47.7 Å². The number of ether oxygens (including phenoxy) is 1. The summed E-state index contributed by atoms with van der Waals surface area (Å²) in [5.41, 5.74) is 3.68. The third-order valence-electron chi connectivity index (χ3n) is 7.16. The summed E-state index contributed by atoms with van der Waals surface area (Å²) in [6, 6.07) is 10.1. The lowest BCUT2D eigenvalue weighted by Crippen LogP contribution is -2.52. The van der Waals surface area contributed by atoms with E-state index in [0.29, 0.717) is 29.1 Å². The van der Waals surface area contributed by atoms with Crippen LogP contribution in [0.2, 0.25) is 5.02 Å². The molecule has 10 heteroatoms. The number of halogens is 1. The second kappa shape index (κ2) is 11.0. The molecule has 2 saturated heterocycles. The molecule has 3 aliphatic rings. The number of nitrogens with one attached hydrogen (secondary N) is 2. The Morgan fingerprint density at radius 3 is 2.68 bits per heavy atom. The molecule has 3 aliphatic heterocycles. The zero-order chi connectivity index (χ0) is 25.9. The van der Waals surface area contributed by atoms with Crippen molar-refractivity contribution in [3.63, 3.8) is 0 Å². The topological polar surface area (TPSA) is 108 Å². The quantitative estimate of drug-likeness (QED) is 0.536. The Morgan fingerprint density at radius 2 is 1.92 bits per heavy atom. The van der Waals surface area contributed by atoms with Crippen molar-refractivity contribution in [3.05, 3.63) is 69.2 Å². The van der Waals surface area contributed by atoms with Gasteiger partial charge in [-0.3, -0.25) is 29.4 Å². The first kappa shape index (κ1) is 25.4. The monoisotopic (exact) mass is 524 g/mol. The lowest BCUT2D eigenvalue weighted by Gasteiger charge is -2.29. The average molecular weight is 525 g/mol. The van der Waals surface area contributed by atoms with Gasteiger partial charge >= 0.3 is 0 Å². The first-order chi connectivity index (χ1) is 17.9. The standard InChI is InChI=1S/C27H29ClN4O5/c28-22-14-19(3-2-18(22)7-8-31-9-11-37-12-10-31)25(34)29-15-17-1-4-21-20(13-17)16-32(27(21)36)23-5-6-24(33)30-26(23)35/h1-4,13-14,23H,5-12,15-16H2,(H,29,34)(H,30,33,35). The van der Waals surface area contributed by atoms with E-state index in [1.807, 2.05) is 12.1 Å². The number of carbonyl (C=O) groups excluding carboxylic acids is 4. The Kier molecular flexibility index (Phi) is 7.55. The number of hydrogen-bond donors (Lipinski definition) is 2. The van der Waals surface area contributed by atoms with Crippen LogP contribution in [0.3, 0.4) is 0 Å². The molecular formula is C27H29ClN4O5. The van der Waals surface area contributed by atoms with E-state index in [1.54, 1.807) is 24.3 Å². The van der Waals surface area contributed by atoms with Gasteiger partial charge < -0.3 is 15.0 Å². The van der Waals surface area contributed by atoms with Gasteiger partial charge in [-0.15, -0.1) is 0 Å².